The molecule has 92 valence electrons. The molecule has 0 aliphatic rings. The Kier molecular flexibility index (Phi) is 4.03. The van der Waals surface area contributed by atoms with E-state index in [1.807, 2.05) is 0 Å². The molecule has 1 heterocycles. The van der Waals surface area contributed by atoms with Crippen molar-refractivity contribution < 1.29 is 8.81 Å². The van der Waals surface area contributed by atoms with E-state index in [-0.39, 0.29) is 5.82 Å². The summed E-state index contributed by atoms with van der Waals surface area (Å²) in [4.78, 5) is 0. The van der Waals surface area contributed by atoms with Crippen LogP contribution >= 0.6 is 12.2 Å². The molecule has 0 fully saturated rings. The Morgan fingerprint density at radius 3 is 2.72 bits per heavy atom. The van der Waals surface area contributed by atoms with Crippen LogP contribution in [-0.2, 0) is 0 Å². The minimum Gasteiger partial charge on any atom is -0.463 e. The minimum atomic E-state index is -0.296. The van der Waals surface area contributed by atoms with Crippen molar-refractivity contribution in [2.45, 2.75) is 0 Å². The fourth-order valence-electron chi connectivity index (χ4n) is 1.21. The van der Waals surface area contributed by atoms with Crippen molar-refractivity contribution in [3.05, 3.63) is 54.2 Å². The molecule has 18 heavy (non-hydrogen) atoms. The van der Waals surface area contributed by atoms with Gasteiger partial charge in [-0.3, -0.25) is 5.43 Å². The summed E-state index contributed by atoms with van der Waals surface area (Å²) in [6.45, 7) is 0. The van der Waals surface area contributed by atoms with Gasteiger partial charge in [-0.15, -0.1) is 0 Å². The lowest BCUT2D eigenvalue weighted by Gasteiger charge is -2.06. The lowest BCUT2D eigenvalue weighted by Crippen LogP contribution is -2.23. The SMILES string of the molecule is Fc1ccc(NC(=S)N/N=C/c2ccco2)cc1. The molecule has 1 aromatic carbocycles. The molecule has 1 aromatic heterocycles. The predicted octanol–water partition coefficient (Wildman–Crippen LogP) is 2.74. The van der Waals surface area contributed by atoms with Crippen LogP contribution in [0.15, 0.2) is 52.2 Å². The average molecular weight is 263 g/mol. The first kappa shape index (κ1) is 12.3. The van der Waals surface area contributed by atoms with Crippen molar-refractivity contribution in [1.82, 2.24) is 5.43 Å². The van der Waals surface area contributed by atoms with E-state index in [2.05, 4.69) is 15.8 Å². The molecular weight excluding hydrogens is 253 g/mol. The summed E-state index contributed by atoms with van der Waals surface area (Å²) in [5.74, 6) is 0.322. The molecule has 2 rings (SSSR count). The average Bonchev–Trinajstić information content (AvgIpc) is 2.85. The molecule has 0 aliphatic heterocycles. The Balaban J connectivity index is 1.84. The van der Waals surface area contributed by atoms with Gasteiger partial charge >= 0.3 is 0 Å². The summed E-state index contributed by atoms with van der Waals surface area (Å²) < 4.78 is 17.7. The third-order valence-electron chi connectivity index (χ3n) is 2.00. The maximum atomic E-state index is 12.7. The van der Waals surface area contributed by atoms with Crippen LogP contribution in [0.3, 0.4) is 0 Å². The number of hydrogen-bond donors (Lipinski definition) is 2. The normalized spacial score (nSPS) is 10.5. The summed E-state index contributed by atoms with van der Waals surface area (Å²) in [6.07, 6.45) is 3.05. The smallest absolute Gasteiger partial charge is 0.191 e. The Morgan fingerprint density at radius 1 is 1.28 bits per heavy atom. The third kappa shape index (κ3) is 3.67. The van der Waals surface area contributed by atoms with E-state index in [1.165, 1.54) is 18.3 Å². The van der Waals surface area contributed by atoms with E-state index >= 15 is 0 Å². The van der Waals surface area contributed by atoms with Crippen molar-refractivity contribution >= 4 is 29.2 Å². The molecule has 0 bridgehead atoms. The molecule has 2 N–H and O–H groups in total. The van der Waals surface area contributed by atoms with Crippen LogP contribution in [0.4, 0.5) is 10.1 Å². The Labute approximate surface area is 109 Å². The lowest BCUT2D eigenvalue weighted by molar-refractivity contribution is 0.560. The van der Waals surface area contributed by atoms with Crippen molar-refractivity contribution in [3.8, 4) is 0 Å². The molecule has 0 aliphatic carbocycles. The van der Waals surface area contributed by atoms with Gasteiger partial charge in [-0.1, -0.05) is 0 Å². The summed E-state index contributed by atoms with van der Waals surface area (Å²) >= 11 is 5.00. The van der Waals surface area contributed by atoms with Crippen molar-refractivity contribution in [3.63, 3.8) is 0 Å². The van der Waals surface area contributed by atoms with Gasteiger partial charge < -0.3 is 9.73 Å². The van der Waals surface area contributed by atoms with Crippen molar-refractivity contribution in [2.75, 3.05) is 5.32 Å². The molecule has 0 radical (unpaired) electrons. The number of hydrazone groups is 1. The molecule has 0 atom stereocenters. The number of hydrogen-bond acceptors (Lipinski definition) is 3. The second kappa shape index (κ2) is 5.92. The molecule has 0 unspecified atom stereocenters. The maximum absolute atomic E-state index is 12.7. The van der Waals surface area contributed by atoms with Gasteiger partial charge in [0.15, 0.2) is 5.11 Å². The fourth-order valence-corrected chi connectivity index (χ4v) is 1.38. The Morgan fingerprint density at radius 2 is 2.06 bits per heavy atom. The van der Waals surface area contributed by atoms with Crippen LogP contribution in [0.1, 0.15) is 5.76 Å². The first-order chi connectivity index (χ1) is 8.74. The zero-order chi connectivity index (χ0) is 12.8. The van der Waals surface area contributed by atoms with Crippen LogP contribution in [0.2, 0.25) is 0 Å². The highest BCUT2D eigenvalue weighted by atomic mass is 32.1. The molecule has 0 spiro atoms. The molecule has 0 amide bonds. The summed E-state index contributed by atoms with van der Waals surface area (Å²) in [7, 11) is 0. The quantitative estimate of drug-likeness (QED) is 0.508. The highest BCUT2D eigenvalue weighted by molar-refractivity contribution is 7.80. The molecule has 2 aromatic rings. The number of halogens is 1. The maximum Gasteiger partial charge on any atom is 0.191 e. The highest BCUT2D eigenvalue weighted by Gasteiger charge is 1.96. The molecular formula is C12H10FN3OS. The summed E-state index contributed by atoms with van der Waals surface area (Å²) in [5, 5.41) is 7.05. The first-order valence-electron chi connectivity index (χ1n) is 5.13. The van der Waals surface area contributed by atoms with Gasteiger partial charge in [0.1, 0.15) is 11.6 Å². The number of rotatable bonds is 3. The van der Waals surface area contributed by atoms with Crippen molar-refractivity contribution in [2.24, 2.45) is 5.10 Å². The molecule has 0 saturated heterocycles. The van der Waals surface area contributed by atoms with E-state index in [4.69, 9.17) is 16.6 Å². The zero-order valence-corrected chi connectivity index (χ0v) is 10.1. The summed E-state index contributed by atoms with van der Waals surface area (Å²) in [6, 6.07) is 9.38. The van der Waals surface area contributed by atoms with Gasteiger partial charge in [-0.2, -0.15) is 5.10 Å². The number of benzene rings is 1. The first-order valence-corrected chi connectivity index (χ1v) is 5.54. The number of thiocarbonyl (C=S) groups is 1. The standard InChI is InChI=1S/C12H10FN3OS/c13-9-3-5-10(6-4-9)15-12(18)16-14-8-11-2-1-7-17-11/h1-8H,(H2,15,16,18)/b14-8+. The highest BCUT2D eigenvalue weighted by Crippen LogP contribution is 2.07. The lowest BCUT2D eigenvalue weighted by atomic mass is 10.3. The third-order valence-corrected chi connectivity index (χ3v) is 2.20. The number of anilines is 1. The van der Waals surface area contributed by atoms with E-state index in [0.29, 0.717) is 16.6 Å². The Hall–Kier alpha value is -2.21. The molecule has 6 heteroatoms. The predicted molar refractivity (Wildman–Crippen MR) is 72.1 cm³/mol. The van der Waals surface area contributed by atoms with Gasteiger partial charge in [-0.05, 0) is 48.6 Å². The number of nitrogens with zero attached hydrogens (tertiary/aromatic N) is 1. The molecule has 0 saturated carbocycles. The van der Waals surface area contributed by atoms with E-state index in [0.717, 1.165) is 0 Å². The van der Waals surface area contributed by atoms with Crippen LogP contribution in [0.5, 0.6) is 0 Å². The van der Waals surface area contributed by atoms with Gasteiger partial charge in [-0.25, -0.2) is 4.39 Å². The van der Waals surface area contributed by atoms with Gasteiger partial charge in [0.2, 0.25) is 0 Å². The van der Waals surface area contributed by atoms with Crippen LogP contribution in [-0.4, -0.2) is 11.3 Å². The minimum absolute atomic E-state index is 0.296. The summed E-state index contributed by atoms with van der Waals surface area (Å²) in [5.41, 5.74) is 3.30. The van der Waals surface area contributed by atoms with E-state index < -0.39 is 0 Å². The number of furan rings is 1. The topological polar surface area (TPSA) is 49.6 Å². The van der Waals surface area contributed by atoms with E-state index in [1.54, 1.807) is 30.5 Å². The van der Waals surface area contributed by atoms with Crippen molar-refractivity contribution in [1.29, 1.82) is 0 Å². The number of nitrogens with one attached hydrogen (secondary N) is 2. The van der Waals surface area contributed by atoms with Gasteiger partial charge in [0, 0.05) is 5.69 Å². The van der Waals surface area contributed by atoms with Crippen LogP contribution in [0, 0.1) is 5.82 Å². The van der Waals surface area contributed by atoms with Gasteiger partial charge in [0.25, 0.3) is 0 Å². The van der Waals surface area contributed by atoms with E-state index in [9.17, 15) is 4.39 Å². The fraction of sp³-hybridized carbons (Fsp3) is 0. The Bertz CT molecular complexity index is 537. The second-order valence-electron chi connectivity index (χ2n) is 3.35. The largest absolute Gasteiger partial charge is 0.463 e. The molecule has 4 nitrogen and oxygen atoms in total. The zero-order valence-electron chi connectivity index (χ0n) is 9.26. The second-order valence-corrected chi connectivity index (χ2v) is 3.75. The van der Waals surface area contributed by atoms with Gasteiger partial charge in [0.05, 0.1) is 12.5 Å². The van der Waals surface area contributed by atoms with Crippen LogP contribution < -0.4 is 10.7 Å². The monoisotopic (exact) mass is 263 g/mol. The van der Waals surface area contributed by atoms with Crippen LogP contribution in [0.25, 0.3) is 0 Å².